The van der Waals surface area contributed by atoms with E-state index in [1.165, 1.54) is 7.11 Å². The molecule has 1 amide bonds. The normalized spacial score (nSPS) is 11.7. The minimum atomic E-state index is -0.762. The molecule has 0 radical (unpaired) electrons. The van der Waals surface area contributed by atoms with Gasteiger partial charge in [-0.3, -0.25) is 9.59 Å². The number of nitrogens with zero attached hydrogens (tertiary/aromatic N) is 2. The van der Waals surface area contributed by atoms with Crippen molar-refractivity contribution in [2.24, 2.45) is 0 Å². The second-order valence-corrected chi connectivity index (χ2v) is 7.32. The molecule has 0 saturated heterocycles. The maximum atomic E-state index is 12.4. The summed E-state index contributed by atoms with van der Waals surface area (Å²) in [5.74, 6) is -0.507. The van der Waals surface area contributed by atoms with E-state index in [9.17, 15) is 14.7 Å². The monoisotopic (exact) mass is 421 g/mol. The van der Waals surface area contributed by atoms with Crippen molar-refractivity contribution in [2.45, 2.75) is 32.8 Å². The molecule has 2 aromatic carbocycles. The highest BCUT2D eigenvalue weighted by Crippen LogP contribution is 2.20. The van der Waals surface area contributed by atoms with Gasteiger partial charge in [0.1, 0.15) is 0 Å². The largest absolute Gasteiger partial charge is 0.469 e. The van der Waals surface area contributed by atoms with Crippen molar-refractivity contribution in [3.05, 3.63) is 82.7 Å². The summed E-state index contributed by atoms with van der Waals surface area (Å²) < 4.78 is 6.53. The molecular formula is C24H27N3O4. The molecule has 0 aliphatic rings. The zero-order valence-electron chi connectivity index (χ0n) is 18.0. The smallest absolute Gasteiger partial charge is 0.305 e. The highest BCUT2D eigenvalue weighted by Gasteiger charge is 2.15. The molecular weight excluding hydrogens is 394 g/mol. The van der Waals surface area contributed by atoms with Gasteiger partial charge >= 0.3 is 5.97 Å². The van der Waals surface area contributed by atoms with E-state index in [2.05, 4.69) is 10.4 Å². The lowest BCUT2D eigenvalue weighted by Gasteiger charge is -2.12. The van der Waals surface area contributed by atoms with Crippen LogP contribution in [0.5, 0.6) is 0 Å². The van der Waals surface area contributed by atoms with Crippen LogP contribution in [0.3, 0.4) is 0 Å². The summed E-state index contributed by atoms with van der Waals surface area (Å²) in [4.78, 5) is 23.9. The van der Waals surface area contributed by atoms with Gasteiger partial charge in [-0.25, -0.2) is 4.68 Å². The number of ether oxygens (including phenoxy) is 1. The van der Waals surface area contributed by atoms with Crippen molar-refractivity contribution >= 4 is 11.9 Å². The fourth-order valence-electron chi connectivity index (χ4n) is 3.46. The number of hydrogen-bond donors (Lipinski definition) is 2. The molecule has 0 saturated carbocycles. The Bertz CT molecular complexity index is 1040. The number of carbonyl (C=O) groups is 2. The fraction of sp³-hybridized carbons (Fsp3) is 0.292. The number of aromatic nitrogens is 2. The van der Waals surface area contributed by atoms with Crippen molar-refractivity contribution in [2.75, 3.05) is 13.7 Å². The van der Waals surface area contributed by atoms with Gasteiger partial charge in [0.2, 0.25) is 0 Å². The van der Waals surface area contributed by atoms with Crippen LogP contribution in [0.15, 0.2) is 54.6 Å². The van der Waals surface area contributed by atoms with Gasteiger partial charge in [-0.15, -0.1) is 0 Å². The van der Waals surface area contributed by atoms with Gasteiger partial charge in [-0.05, 0) is 55.7 Å². The zero-order valence-corrected chi connectivity index (χ0v) is 18.0. The molecule has 7 nitrogen and oxygen atoms in total. The van der Waals surface area contributed by atoms with Crippen LogP contribution < -0.4 is 5.32 Å². The van der Waals surface area contributed by atoms with Crippen molar-refractivity contribution < 1.29 is 19.4 Å². The molecule has 3 aromatic rings. The van der Waals surface area contributed by atoms with E-state index in [0.717, 1.165) is 28.2 Å². The summed E-state index contributed by atoms with van der Waals surface area (Å²) in [6, 6.07) is 16.3. The zero-order chi connectivity index (χ0) is 22.4. The first-order valence-corrected chi connectivity index (χ1v) is 10.1. The average Bonchev–Trinajstić information content (AvgIpc) is 3.09. The molecule has 1 heterocycles. The maximum absolute atomic E-state index is 12.4. The average molecular weight is 421 g/mol. The number of nitrogens with one attached hydrogen (secondary N) is 1. The molecule has 31 heavy (non-hydrogen) atoms. The number of esters is 1. The highest BCUT2D eigenvalue weighted by molar-refractivity contribution is 5.94. The summed E-state index contributed by atoms with van der Waals surface area (Å²) in [7, 11) is 1.38. The Balaban J connectivity index is 1.66. The molecule has 1 aromatic heterocycles. The van der Waals surface area contributed by atoms with Crippen molar-refractivity contribution in [3.63, 3.8) is 0 Å². The summed E-state index contributed by atoms with van der Waals surface area (Å²) >= 11 is 0. The predicted molar refractivity (Wildman–Crippen MR) is 117 cm³/mol. The molecule has 1 unspecified atom stereocenters. The lowest BCUT2D eigenvalue weighted by Crippen LogP contribution is -2.28. The van der Waals surface area contributed by atoms with E-state index in [0.29, 0.717) is 18.4 Å². The van der Waals surface area contributed by atoms with Crippen LogP contribution in [0.2, 0.25) is 0 Å². The number of aliphatic hydroxyl groups is 1. The standard InChI is InChI=1S/C24H27N3O4/c1-16-21(13-14-23(29)31-3)17(2)27(26-16)20-11-9-19(10-12-20)24(30)25-15-22(28)18-7-5-4-6-8-18/h4-12,22,28H,13-15H2,1-3H3,(H,25,30). The summed E-state index contributed by atoms with van der Waals surface area (Å²) in [6.07, 6.45) is 0.106. The van der Waals surface area contributed by atoms with Crippen molar-refractivity contribution in [3.8, 4) is 5.69 Å². The lowest BCUT2D eigenvalue weighted by atomic mass is 10.1. The highest BCUT2D eigenvalue weighted by atomic mass is 16.5. The second kappa shape index (κ2) is 10.0. The van der Waals surface area contributed by atoms with Gasteiger partial charge in [0.05, 0.1) is 24.6 Å². The number of hydrogen-bond acceptors (Lipinski definition) is 5. The van der Waals surface area contributed by atoms with Crippen LogP contribution in [-0.2, 0) is 16.0 Å². The van der Waals surface area contributed by atoms with Crippen molar-refractivity contribution in [1.29, 1.82) is 0 Å². The number of amides is 1. The fourth-order valence-corrected chi connectivity index (χ4v) is 3.46. The molecule has 162 valence electrons. The van der Waals surface area contributed by atoms with Gasteiger partial charge in [0.15, 0.2) is 0 Å². The quantitative estimate of drug-likeness (QED) is 0.545. The lowest BCUT2D eigenvalue weighted by molar-refractivity contribution is -0.140. The van der Waals surface area contributed by atoms with Crippen LogP contribution >= 0.6 is 0 Å². The minimum absolute atomic E-state index is 0.131. The van der Waals surface area contributed by atoms with Crippen LogP contribution in [0.25, 0.3) is 5.69 Å². The first kappa shape index (κ1) is 22.2. The molecule has 3 rings (SSSR count). The first-order valence-electron chi connectivity index (χ1n) is 10.1. The number of rotatable bonds is 8. The van der Waals surface area contributed by atoms with E-state index in [1.807, 2.05) is 61.0 Å². The second-order valence-electron chi connectivity index (χ2n) is 7.32. The number of aryl methyl sites for hydroxylation is 1. The Morgan fingerprint density at radius 1 is 1.10 bits per heavy atom. The number of benzene rings is 2. The molecule has 2 N–H and O–H groups in total. The van der Waals surface area contributed by atoms with Crippen LogP contribution in [0.4, 0.5) is 0 Å². The molecule has 0 aliphatic carbocycles. The van der Waals surface area contributed by atoms with E-state index in [4.69, 9.17) is 4.74 Å². The third kappa shape index (κ3) is 5.38. The minimum Gasteiger partial charge on any atom is -0.469 e. The van der Waals surface area contributed by atoms with Gasteiger partial charge < -0.3 is 15.2 Å². The maximum Gasteiger partial charge on any atom is 0.305 e. The first-order chi connectivity index (χ1) is 14.9. The van der Waals surface area contributed by atoms with E-state index in [-0.39, 0.29) is 18.4 Å². The topological polar surface area (TPSA) is 93.5 Å². The third-order valence-electron chi connectivity index (χ3n) is 5.26. The third-order valence-corrected chi connectivity index (χ3v) is 5.26. The number of carbonyl (C=O) groups excluding carboxylic acids is 2. The summed E-state index contributed by atoms with van der Waals surface area (Å²) in [5.41, 5.74) is 4.90. The molecule has 0 bridgehead atoms. The number of methoxy groups -OCH3 is 1. The van der Waals surface area contributed by atoms with Crippen LogP contribution in [0, 0.1) is 13.8 Å². The van der Waals surface area contributed by atoms with E-state index < -0.39 is 6.10 Å². The Kier molecular flexibility index (Phi) is 7.20. The Morgan fingerprint density at radius 3 is 2.42 bits per heavy atom. The van der Waals surface area contributed by atoms with Gasteiger partial charge in [0.25, 0.3) is 5.91 Å². The van der Waals surface area contributed by atoms with E-state index in [1.54, 1.807) is 12.1 Å². The summed E-state index contributed by atoms with van der Waals surface area (Å²) in [5, 5.41) is 17.5. The molecule has 1 atom stereocenters. The molecule has 7 heteroatoms. The van der Waals surface area contributed by atoms with Crippen LogP contribution in [-0.4, -0.2) is 40.4 Å². The molecule has 0 aliphatic heterocycles. The van der Waals surface area contributed by atoms with Gasteiger partial charge in [-0.1, -0.05) is 30.3 Å². The van der Waals surface area contributed by atoms with Gasteiger partial charge in [0, 0.05) is 24.2 Å². The predicted octanol–water partition coefficient (Wildman–Crippen LogP) is 3.06. The SMILES string of the molecule is COC(=O)CCc1c(C)nn(-c2ccc(C(=O)NCC(O)c3ccccc3)cc2)c1C. The van der Waals surface area contributed by atoms with Crippen LogP contribution in [0.1, 0.15) is 45.4 Å². The Hall–Kier alpha value is -3.45. The van der Waals surface area contributed by atoms with E-state index >= 15 is 0 Å². The number of aliphatic hydroxyl groups excluding tert-OH is 1. The molecule has 0 spiro atoms. The Morgan fingerprint density at radius 2 is 1.77 bits per heavy atom. The van der Waals surface area contributed by atoms with Gasteiger partial charge in [-0.2, -0.15) is 5.10 Å². The van der Waals surface area contributed by atoms with Crippen molar-refractivity contribution in [1.82, 2.24) is 15.1 Å². The Labute approximate surface area is 181 Å². The summed E-state index contributed by atoms with van der Waals surface area (Å²) in [6.45, 7) is 4.00. The molecule has 0 fully saturated rings.